The standard InChI is InChI=1S/C19H20Cl2N2O2/c1-13-3-5-14(6-4-13)7-10-19(25)23(2)12-18(24)22-15-8-9-16(20)17(21)11-15/h3-6,8-9,11H,7,10,12H2,1-2H3,(H,22,24). The van der Waals surface area contributed by atoms with Crippen LogP contribution in [0.3, 0.4) is 0 Å². The summed E-state index contributed by atoms with van der Waals surface area (Å²) < 4.78 is 0. The minimum atomic E-state index is -0.287. The Hall–Kier alpha value is -2.04. The highest BCUT2D eigenvalue weighted by atomic mass is 35.5. The van der Waals surface area contributed by atoms with E-state index >= 15 is 0 Å². The number of amides is 2. The van der Waals surface area contributed by atoms with Crippen molar-refractivity contribution in [2.45, 2.75) is 19.8 Å². The number of carbonyl (C=O) groups excluding carboxylic acids is 2. The number of hydrogen-bond donors (Lipinski definition) is 1. The molecule has 2 aromatic carbocycles. The van der Waals surface area contributed by atoms with Gasteiger partial charge < -0.3 is 10.2 Å². The molecule has 0 saturated heterocycles. The van der Waals surface area contributed by atoms with E-state index in [1.54, 1.807) is 25.2 Å². The van der Waals surface area contributed by atoms with Crippen LogP contribution in [0.25, 0.3) is 0 Å². The minimum absolute atomic E-state index is 0.0209. The summed E-state index contributed by atoms with van der Waals surface area (Å²) in [7, 11) is 1.62. The maximum atomic E-state index is 12.2. The van der Waals surface area contributed by atoms with Crippen LogP contribution in [0.1, 0.15) is 17.5 Å². The second kappa shape index (κ2) is 8.88. The van der Waals surface area contributed by atoms with Crippen molar-refractivity contribution in [1.29, 1.82) is 0 Å². The summed E-state index contributed by atoms with van der Waals surface area (Å²) in [4.78, 5) is 25.6. The molecule has 0 unspecified atom stereocenters. The Kier molecular flexibility index (Phi) is 6.85. The summed E-state index contributed by atoms with van der Waals surface area (Å²) in [6.45, 7) is 2.00. The second-order valence-electron chi connectivity index (χ2n) is 5.91. The predicted octanol–water partition coefficient (Wildman–Crippen LogP) is 4.33. The molecule has 0 atom stereocenters. The zero-order valence-electron chi connectivity index (χ0n) is 14.2. The van der Waals surface area contributed by atoms with Crippen LogP contribution in [0.15, 0.2) is 42.5 Å². The van der Waals surface area contributed by atoms with Gasteiger partial charge in [-0.1, -0.05) is 53.0 Å². The van der Waals surface area contributed by atoms with E-state index in [-0.39, 0.29) is 18.4 Å². The Bertz CT molecular complexity index is 761. The van der Waals surface area contributed by atoms with Crippen molar-refractivity contribution in [3.63, 3.8) is 0 Å². The molecule has 0 heterocycles. The minimum Gasteiger partial charge on any atom is -0.336 e. The van der Waals surface area contributed by atoms with Gasteiger partial charge in [0.15, 0.2) is 0 Å². The highest BCUT2D eigenvalue weighted by Gasteiger charge is 2.13. The fraction of sp³-hybridized carbons (Fsp3) is 0.263. The molecular formula is C19H20Cl2N2O2. The zero-order valence-corrected chi connectivity index (χ0v) is 15.7. The number of nitrogens with zero attached hydrogens (tertiary/aromatic N) is 1. The first-order valence-corrected chi connectivity index (χ1v) is 8.65. The molecule has 2 amide bonds. The van der Waals surface area contributed by atoms with Gasteiger partial charge in [-0.05, 0) is 37.1 Å². The molecule has 0 aliphatic rings. The van der Waals surface area contributed by atoms with Crippen molar-refractivity contribution in [2.75, 3.05) is 18.9 Å². The molecule has 132 valence electrons. The van der Waals surface area contributed by atoms with E-state index in [0.717, 1.165) is 5.56 Å². The smallest absolute Gasteiger partial charge is 0.243 e. The van der Waals surface area contributed by atoms with Gasteiger partial charge in [0.2, 0.25) is 11.8 Å². The molecule has 0 aliphatic carbocycles. The van der Waals surface area contributed by atoms with Crippen LogP contribution in [-0.4, -0.2) is 30.3 Å². The second-order valence-corrected chi connectivity index (χ2v) is 6.73. The Morgan fingerprint density at radius 1 is 1.04 bits per heavy atom. The largest absolute Gasteiger partial charge is 0.336 e. The number of likely N-dealkylation sites (N-methyl/N-ethyl adjacent to an activating group) is 1. The lowest BCUT2D eigenvalue weighted by Gasteiger charge is -2.17. The maximum absolute atomic E-state index is 12.2. The van der Waals surface area contributed by atoms with Gasteiger partial charge >= 0.3 is 0 Å². The summed E-state index contributed by atoms with van der Waals surface area (Å²) in [5, 5.41) is 3.48. The summed E-state index contributed by atoms with van der Waals surface area (Å²) in [5.41, 5.74) is 2.83. The summed E-state index contributed by atoms with van der Waals surface area (Å²) in [6.07, 6.45) is 1.01. The van der Waals surface area contributed by atoms with E-state index in [2.05, 4.69) is 5.32 Å². The van der Waals surface area contributed by atoms with Crippen molar-refractivity contribution < 1.29 is 9.59 Å². The number of hydrogen-bond acceptors (Lipinski definition) is 2. The molecule has 0 radical (unpaired) electrons. The van der Waals surface area contributed by atoms with Gasteiger partial charge in [0, 0.05) is 19.2 Å². The maximum Gasteiger partial charge on any atom is 0.243 e. The average Bonchev–Trinajstić information content (AvgIpc) is 2.57. The van der Waals surface area contributed by atoms with E-state index < -0.39 is 0 Å². The first-order valence-electron chi connectivity index (χ1n) is 7.89. The number of carbonyl (C=O) groups is 2. The molecule has 4 nitrogen and oxygen atoms in total. The third-order valence-electron chi connectivity index (χ3n) is 3.76. The Labute approximate surface area is 157 Å². The first-order chi connectivity index (χ1) is 11.8. The van der Waals surface area contributed by atoms with Crippen LogP contribution >= 0.6 is 23.2 Å². The number of aryl methyl sites for hydroxylation is 2. The highest BCUT2D eigenvalue weighted by molar-refractivity contribution is 6.42. The zero-order chi connectivity index (χ0) is 18.4. The summed E-state index contributed by atoms with van der Waals surface area (Å²) in [6, 6.07) is 12.9. The quantitative estimate of drug-likeness (QED) is 0.812. The van der Waals surface area contributed by atoms with Gasteiger partial charge in [0.05, 0.1) is 16.6 Å². The van der Waals surface area contributed by atoms with Crippen molar-refractivity contribution in [2.24, 2.45) is 0 Å². The van der Waals surface area contributed by atoms with Crippen LogP contribution in [0, 0.1) is 6.92 Å². The molecule has 0 saturated carbocycles. The van der Waals surface area contributed by atoms with Gasteiger partial charge in [0.1, 0.15) is 0 Å². The SMILES string of the molecule is Cc1ccc(CCC(=O)N(C)CC(=O)Nc2ccc(Cl)c(Cl)c2)cc1. The highest BCUT2D eigenvalue weighted by Crippen LogP contribution is 2.24. The van der Waals surface area contributed by atoms with Crippen LogP contribution in [-0.2, 0) is 16.0 Å². The summed E-state index contributed by atoms with van der Waals surface area (Å²) in [5.74, 6) is -0.366. The molecule has 25 heavy (non-hydrogen) atoms. The fourth-order valence-corrected chi connectivity index (χ4v) is 2.57. The number of rotatable bonds is 6. The molecule has 1 N–H and O–H groups in total. The lowest BCUT2D eigenvalue weighted by Crippen LogP contribution is -2.35. The van der Waals surface area contributed by atoms with Crippen molar-refractivity contribution in [1.82, 2.24) is 4.90 Å². The molecule has 2 aromatic rings. The van der Waals surface area contributed by atoms with Gasteiger partial charge in [-0.15, -0.1) is 0 Å². The lowest BCUT2D eigenvalue weighted by atomic mass is 10.1. The Morgan fingerprint density at radius 2 is 1.72 bits per heavy atom. The van der Waals surface area contributed by atoms with E-state index in [4.69, 9.17) is 23.2 Å². The molecule has 0 bridgehead atoms. The summed E-state index contributed by atoms with van der Waals surface area (Å²) >= 11 is 11.8. The monoisotopic (exact) mass is 378 g/mol. The topological polar surface area (TPSA) is 49.4 Å². The van der Waals surface area contributed by atoms with Gasteiger partial charge in [-0.3, -0.25) is 9.59 Å². The van der Waals surface area contributed by atoms with Gasteiger partial charge in [-0.25, -0.2) is 0 Å². The van der Waals surface area contributed by atoms with Crippen molar-refractivity contribution >= 4 is 40.7 Å². The molecule has 2 rings (SSSR count). The fourth-order valence-electron chi connectivity index (χ4n) is 2.27. The Balaban J connectivity index is 1.82. The van der Waals surface area contributed by atoms with Crippen LogP contribution in [0.5, 0.6) is 0 Å². The van der Waals surface area contributed by atoms with Crippen molar-refractivity contribution in [3.8, 4) is 0 Å². The third kappa shape index (κ3) is 6.07. The van der Waals surface area contributed by atoms with Crippen LogP contribution in [0.4, 0.5) is 5.69 Å². The van der Waals surface area contributed by atoms with Crippen LogP contribution in [0.2, 0.25) is 10.0 Å². The van der Waals surface area contributed by atoms with Crippen molar-refractivity contribution in [3.05, 3.63) is 63.6 Å². The van der Waals surface area contributed by atoms with E-state index in [1.165, 1.54) is 10.5 Å². The van der Waals surface area contributed by atoms with E-state index in [0.29, 0.717) is 28.6 Å². The first kappa shape index (κ1) is 19.3. The predicted molar refractivity (Wildman–Crippen MR) is 102 cm³/mol. The molecule has 6 heteroatoms. The van der Waals surface area contributed by atoms with Gasteiger partial charge in [-0.2, -0.15) is 0 Å². The molecule has 0 aromatic heterocycles. The average molecular weight is 379 g/mol. The molecule has 0 aliphatic heterocycles. The van der Waals surface area contributed by atoms with E-state index in [9.17, 15) is 9.59 Å². The normalized spacial score (nSPS) is 10.4. The number of benzene rings is 2. The van der Waals surface area contributed by atoms with E-state index in [1.807, 2.05) is 31.2 Å². The van der Waals surface area contributed by atoms with Gasteiger partial charge in [0.25, 0.3) is 0 Å². The Morgan fingerprint density at radius 3 is 2.36 bits per heavy atom. The molecule has 0 spiro atoms. The molecular weight excluding hydrogens is 359 g/mol. The molecule has 0 fully saturated rings. The number of anilines is 1. The third-order valence-corrected chi connectivity index (χ3v) is 4.50. The number of halogens is 2. The van der Waals surface area contributed by atoms with Crippen LogP contribution < -0.4 is 5.32 Å². The lowest BCUT2D eigenvalue weighted by molar-refractivity contribution is -0.133. The number of nitrogens with one attached hydrogen (secondary N) is 1.